The zero-order valence-electron chi connectivity index (χ0n) is 6.04. The fourth-order valence-corrected chi connectivity index (χ4v) is 2.12. The molecule has 0 bridgehead atoms. The van der Waals surface area contributed by atoms with Gasteiger partial charge in [-0.2, -0.15) is 5.10 Å². The third kappa shape index (κ3) is 1.09. The van der Waals surface area contributed by atoms with Crippen LogP contribution in [0, 0.1) is 0 Å². The van der Waals surface area contributed by atoms with Crippen LogP contribution in [0.2, 0.25) is 5.02 Å². The summed E-state index contributed by atoms with van der Waals surface area (Å²) in [5.74, 6) is 0. The lowest BCUT2D eigenvalue weighted by atomic mass is 10.3. The minimum Gasteiger partial charge on any atom is -0.396 e. The van der Waals surface area contributed by atoms with Crippen molar-refractivity contribution >= 4 is 28.6 Å². The van der Waals surface area contributed by atoms with Crippen LogP contribution in [0.5, 0.6) is 0 Å². The first-order valence-electron chi connectivity index (χ1n) is 3.31. The summed E-state index contributed by atoms with van der Waals surface area (Å²) in [6.07, 6.45) is 1.57. The number of nitrogens with two attached hydrogens (primary N) is 1. The van der Waals surface area contributed by atoms with E-state index in [4.69, 9.17) is 17.3 Å². The van der Waals surface area contributed by atoms with Gasteiger partial charge in [0.05, 0.1) is 27.5 Å². The normalized spacial score (nSPS) is 10.4. The lowest BCUT2D eigenvalue weighted by Crippen LogP contribution is -1.84. The van der Waals surface area contributed by atoms with Crippen molar-refractivity contribution in [1.29, 1.82) is 0 Å². The van der Waals surface area contributed by atoms with Crippen LogP contribution in [0.15, 0.2) is 17.6 Å². The maximum atomic E-state index is 5.91. The number of hydrogen-bond donors (Lipinski definition) is 2. The Morgan fingerprint density at radius 2 is 2.42 bits per heavy atom. The summed E-state index contributed by atoms with van der Waals surface area (Å²) >= 11 is 7.45. The predicted octanol–water partition coefficient (Wildman–Crippen LogP) is 2.37. The number of thiophene rings is 1. The Balaban J connectivity index is 2.57. The summed E-state index contributed by atoms with van der Waals surface area (Å²) in [6, 6.07) is 1.84. The molecule has 0 aromatic carbocycles. The van der Waals surface area contributed by atoms with E-state index in [-0.39, 0.29) is 0 Å². The topological polar surface area (TPSA) is 54.7 Å². The van der Waals surface area contributed by atoms with Gasteiger partial charge in [-0.1, -0.05) is 11.6 Å². The van der Waals surface area contributed by atoms with Gasteiger partial charge in [-0.05, 0) is 11.4 Å². The average Bonchev–Trinajstić information content (AvgIpc) is 2.59. The second-order valence-corrected chi connectivity index (χ2v) is 3.62. The van der Waals surface area contributed by atoms with Crippen LogP contribution >= 0.6 is 22.9 Å². The van der Waals surface area contributed by atoms with Crippen LogP contribution in [-0.4, -0.2) is 10.2 Å². The molecule has 2 aromatic heterocycles. The van der Waals surface area contributed by atoms with Gasteiger partial charge in [0.2, 0.25) is 0 Å². The Bertz CT molecular complexity index is 355. The molecule has 2 aromatic rings. The highest BCUT2D eigenvalue weighted by Crippen LogP contribution is 2.34. The molecule has 0 saturated heterocycles. The van der Waals surface area contributed by atoms with Crippen molar-refractivity contribution in [2.24, 2.45) is 0 Å². The van der Waals surface area contributed by atoms with E-state index in [1.807, 2.05) is 11.4 Å². The molecule has 0 amide bonds. The summed E-state index contributed by atoms with van der Waals surface area (Å²) in [5, 5.41) is 9.24. The number of aromatic amines is 1. The van der Waals surface area contributed by atoms with Gasteiger partial charge in [0.15, 0.2) is 0 Å². The Morgan fingerprint density at radius 3 is 2.92 bits per heavy atom. The molecule has 3 nitrogen and oxygen atoms in total. The first-order valence-corrected chi connectivity index (χ1v) is 4.57. The Morgan fingerprint density at radius 1 is 1.58 bits per heavy atom. The van der Waals surface area contributed by atoms with E-state index in [0.717, 1.165) is 10.6 Å². The fourth-order valence-electron chi connectivity index (χ4n) is 0.949. The Labute approximate surface area is 78.2 Å². The number of nitrogens with one attached hydrogen (secondary N) is 1. The van der Waals surface area contributed by atoms with Gasteiger partial charge in [0.1, 0.15) is 0 Å². The highest BCUT2D eigenvalue weighted by molar-refractivity contribution is 7.14. The third-order valence-electron chi connectivity index (χ3n) is 1.51. The summed E-state index contributed by atoms with van der Waals surface area (Å²) in [6.45, 7) is 0. The van der Waals surface area contributed by atoms with E-state index in [1.54, 1.807) is 6.20 Å². The molecule has 0 fully saturated rings. The average molecular weight is 200 g/mol. The number of nitrogens with zero attached hydrogens (tertiary/aromatic N) is 1. The number of hydrogen-bond acceptors (Lipinski definition) is 3. The van der Waals surface area contributed by atoms with Crippen LogP contribution in [0.1, 0.15) is 0 Å². The fraction of sp³-hybridized carbons (Fsp3) is 0. The number of rotatable bonds is 1. The van der Waals surface area contributed by atoms with E-state index in [2.05, 4.69) is 10.2 Å². The SMILES string of the molecule is Nc1cn[nH]c1-c1sccc1Cl. The highest BCUT2D eigenvalue weighted by Gasteiger charge is 2.09. The van der Waals surface area contributed by atoms with Gasteiger partial charge in [-0.25, -0.2) is 0 Å². The van der Waals surface area contributed by atoms with Crippen molar-refractivity contribution in [1.82, 2.24) is 10.2 Å². The van der Waals surface area contributed by atoms with Crippen molar-refractivity contribution in [2.45, 2.75) is 0 Å². The molecule has 0 atom stereocenters. The monoisotopic (exact) mass is 199 g/mol. The smallest absolute Gasteiger partial charge is 0.0994 e. The quantitative estimate of drug-likeness (QED) is 0.741. The molecule has 2 heterocycles. The van der Waals surface area contributed by atoms with Crippen LogP contribution in [0.4, 0.5) is 5.69 Å². The molecule has 0 aliphatic heterocycles. The molecular formula is C7H6ClN3S. The third-order valence-corrected chi connectivity index (χ3v) is 2.87. The van der Waals surface area contributed by atoms with E-state index in [1.165, 1.54) is 11.3 Å². The minimum absolute atomic E-state index is 0.624. The summed E-state index contributed by atoms with van der Waals surface area (Å²) in [4.78, 5) is 0.937. The van der Waals surface area contributed by atoms with Gasteiger partial charge in [-0.15, -0.1) is 11.3 Å². The lowest BCUT2D eigenvalue weighted by molar-refractivity contribution is 1.10. The van der Waals surface area contributed by atoms with Gasteiger partial charge >= 0.3 is 0 Å². The molecular weight excluding hydrogens is 194 g/mol. The number of aromatic nitrogens is 2. The summed E-state index contributed by atoms with van der Waals surface area (Å²) in [5.41, 5.74) is 7.08. The molecule has 0 aliphatic rings. The van der Waals surface area contributed by atoms with Gasteiger partial charge in [-0.3, -0.25) is 5.10 Å². The largest absolute Gasteiger partial charge is 0.396 e. The highest BCUT2D eigenvalue weighted by atomic mass is 35.5. The second kappa shape index (κ2) is 2.80. The number of H-pyrrole nitrogens is 1. The van der Waals surface area contributed by atoms with Crippen molar-refractivity contribution < 1.29 is 0 Å². The van der Waals surface area contributed by atoms with E-state index in [9.17, 15) is 0 Å². The second-order valence-electron chi connectivity index (χ2n) is 2.30. The van der Waals surface area contributed by atoms with E-state index in [0.29, 0.717) is 10.7 Å². The molecule has 0 spiro atoms. The molecule has 0 radical (unpaired) electrons. The van der Waals surface area contributed by atoms with Crippen molar-refractivity contribution in [3.8, 4) is 10.6 Å². The molecule has 5 heteroatoms. The molecule has 0 aliphatic carbocycles. The molecule has 0 saturated carbocycles. The Hall–Kier alpha value is -1.00. The molecule has 2 rings (SSSR count). The van der Waals surface area contributed by atoms with Crippen LogP contribution < -0.4 is 5.73 Å². The maximum Gasteiger partial charge on any atom is 0.0994 e. The maximum absolute atomic E-state index is 5.91. The molecule has 12 heavy (non-hydrogen) atoms. The van der Waals surface area contributed by atoms with Crippen LogP contribution in [-0.2, 0) is 0 Å². The van der Waals surface area contributed by atoms with Crippen molar-refractivity contribution in [2.75, 3.05) is 5.73 Å². The number of nitrogen functional groups attached to an aromatic ring is 1. The standard InChI is InChI=1S/C7H6ClN3S/c8-4-1-2-12-7(4)6-5(9)3-10-11-6/h1-3H,9H2,(H,10,11). The van der Waals surface area contributed by atoms with Crippen LogP contribution in [0.25, 0.3) is 10.6 Å². The lowest BCUT2D eigenvalue weighted by Gasteiger charge is -1.94. The first-order chi connectivity index (χ1) is 5.79. The van der Waals surface area contributed by atoms with Crippen LogP contribution in [0.3, 0.4) is 0 Å². The Kier molecular flexibility index (Phi) is 1.78. The van der Waals surface area contributed by atoms with Gasteiger partial charge in [0.25, 0.3) is 0 Å². The van der Waals surface area contributed by atoms with E-state index >= 15 is 0 Å². The number of anilines is 1. The molecule has 62 valence electrons. The van der Waals surface area contributed by atoms with Gasteiger partial charge < -0.3 is 5.73 Å². The van der Waals surface area contributed by atoms with Gasteiger partial charge in [0, 0.05) is 0 Å². The predicted molar refractivity (Wildman–Crippen MR) is 51.3 cm³/mol. The first kappa shape index (κ1) is 7.64. The molecule has 0 unspecified atom stereocenters. The molecule has 3 N–H and O–H groups in total. The zero-order valence-corrected chi connectivity index (χ0v) is 7.62. The van der Waals surface area contributed by atoms with E-state index < -0.39 is 0 Å². The minimum atomic E-state index is 0.624. The number of halogens is 1. The van der Waals surface area contributed by atoms with Crippen molar-refractivity contribution in [3.63, 3.8) is 0 Å². The summed E-state index contributed by atoms with van der Waals surface area (Å²) in [7, 11) is 0. The van der Waals surface area contributed by atoms with Crippen molar-refractivity contribution in [3.05, 3.63) is 22.7 Å². The summed E-state index contributed by atoms with van der Waals surface area (Å²) < 4.78 is 0. The zero-order chi connectivity index (χ0) is 8.55.